The van der Waals surface area contributed by atoms with E-state index in [1.165, 1.54) is 35.4 Å². The Balaban J connectivity index is 1.33. The number of hydrogen-bond acceptors (Lipinski definition) is 7. The Morgan fingerprint density at radius 1 is 1.05 bits per heavy atom. The van der Waals surface area contributed by atoms with E-state index >= 15 is 0 Å². The Morgan fingerprint density at radius 3 is 2.59 bits per heavy atom. The van der Waals surface area contributed by atoms with Gasteiger partial charge in [0.1, 0.15) is 17.3 Å². The molecule has 2 heterocycles. The molecule has 0 bridgehead atoms. The van der Waals surface area contributed by atoms with Crippen LogP contribution in [0.2, 0.25) is 5.02 Å². The quantitative estimate of drug-likeness (QED) is 0.135. The molecule has 5 rings (SSSR count). The lowest BCUT2D eigenvalue weighted by molar-refractivity contribution is -0.122. The summed E-state index contributed by atoms with van der Waals surface area (Å²) in [5, 5.41) is 12.1. The third-order valence-corrected chi connectivity index (χ3v) is 6.94. The molecule has 0 spiro atoms. The zero-order valence-corrected chi connectivity index (χ0v) is 22.9. The normalized spacial score (nSPS) is 15.3. The highest BCUT2D eigenvalue weighted by Gasteiger charge is 2.34. The number of rotatable bonds is 9. The molecular weight excluding hydrogens is 567 g/mol. The summed E-state index contributed by atoms with van der Waals surface area (Å²) < 4.78 is 24.3. The molecule has 4 aromatic rings. The van der Waals surface area contributed by atoms with E-state index in [1.54, 1.807) is 60.8 Å². The fourth-order valence-corrected chi connectivity index (χ4v) is 4.77. The van der Waals surface area contributed by atoms with Gasteiger partial charge in [-0.3, -0.25) is 14.5 Å². The summed E-state index contributed by atoms with van der Waals surface area (Å²) >= 11 is 7.11. The van der Waals surface area contributed by atoms with Crippen molar-refractivity contribution < 1.29 is 23.1 Å². The molecule has 0 aliphatic carbocycles. The number of amides is 2. The first-order valence-corrected chi connectivity index (χ1v) is 13.5. The number of para-hydroxylation sites is 1. The lowest BCUT2D eigenvalue weighted by atomic mass is 10.2. The van der Waals surface area contributed by atoms with Crippen LogP contribution in [0.3, 0.4) is 0 Å². The molecule has 206 valence electrons. The van der Waals surface area contributed by atoms with E-state index in [2.05, 4.69) is 15.5 Å². The number of nitrogens with zero attached hydrogens (tertiary/aromatic N) is 3. The maximum atomic E-state index is 13.4. The first-order valence-electron chi connectivity index (χ1n) is 12.3. The minimum atomic E-state index is -0.414. The minimum Gasteiger partial charge on any atom is -0.483 e. The second-order valence-electron chi connectivity index (χ2n) is 8.64. The van der Waals surface area contributed by atoms with Crippen molar-refractivity contribution in [2.24, 2.45) is 10.2 Å². The summed E-state index contributed by atoms with van der Waals surface area (Å²) in [4.78, 5) is 27.7. The van der Waals surface area contributed by atoms with E-state index in [0.717, 1.165) is 17.3 Å². The van der Waals surface area contributed by atoms with Crippen LogP contribution in [0.1, 0.15) is 16.9 Å². The zero-order valence-electron chi connectivity index (χ0n) is 21.4. The summed E-state index contributed by atoms with van der Waals surface area (Å²) in [5.41, 5.74) is 1.85. The van der Waals surface area contributed by atoms with E-state index in [0.29, 0.717) is 37.9 Å². The van der Waals surface area contributed by atoms with Crippen molar-refractivity contribution in [1.82, 2.24) is 4.90 Å². The molecule has 11 heteroatoms. The van der Waals surface area contributed by atoms with Crippen molar-refractivity contribution in [3.05, 3.63) is 124 Å². The van der Waals surface area contributed by atoms with Crippen molar-refractivity contribution in [1.29, 1.82) is 0 Å². The van der Waals surface area contributed by atoms with Crippen LogP contribution in [0.4, 0.5) is 10.1 Å². The second kappa shape index (κ2) is 13.1. The zero-order chi connectivity index (χ0) is 28.6. The predicted molar refractivity (Wildman–Crippen MR) is 158 cm³/mol. The van der Waals surface area contributed by atoms with E-state index in [9.17, 15) is 14.0 Å². The van der Waals surface area contributed by atoms with Crippen LogP contribution < -0.4 is 10.1 Å². The maximum absolute atomic E-state index is 13.4. The monoisotopic (exact) mass is 588 g/mol. The number of amidine groups is 1. The van der Waals surface area contributed by atoms with Crippen molar-refractivity contribution >= 4 is 58.3 Å². The third-order valence-electron chi connectivity index (χ3n) is 5.69. The summed E-state index contributed by atoms with van der Waals surface area (Å²) in [5.74, 6) is -0.0969. The van der Waals surface area contributed by atoms with Crippen LogP contribution in [0, 0.1) is 5.82 Å². The smallest absolute Gasteiger partial charge is 0.267 e. The van der Waals surface area contributed by atoms with E-state index in [4.69, 9.17) is 20.8 Å². The first-order chi connectivity index (χ1) is 19.9. The summed E-state index contributed by atoms with van der Waals surface area (Å²) in [7, 11) is 0. The van der Waals surface area contributed by atoms with Gasteiger partial charge in [0.25, 0.3) is 11.8 Å². The molecule has 1 aliphatic rings. The molecule has 3 aromatic carbocycles. The van der Waals surface area contributed by atoms with Gasteiger partial charge in [-0.05, 0) is 78.0 Å². The standard InChI is InChI=1S/C30H22ClFN4O4S/c31-22-9-7-20(8-10-22)17-33-35-30-36(18-25-5-3-15-39-25)29(38)27(41-30)16-21-4-1-2-6-26(21)40-19-28(37)34-24-13-11-23(32)12-14-24/h1-17H,18-19H2,(H,34,37)/b27-16-,33-17+,35-30-. The van der Waals surface area contributed by atoms with Gasteiger partial charge in [0.15, 0.2) is 11.8 Å². The van der Waals surface area contributed by atoms with E-state index < -0.39 is 11.7 Å². The van der Waals surface area contributed by atoms with Crippen LogP contribution in [0.5, 0.6) is 5.75 Å². The fraction of sp³-hybridized carbons (Fsp3) is 0.0667. The maximum Gasteiger partial charge on any atom is 0.267 e. The van der Waals surface area contributed by atoms with Crippen molar-refractivity contribution in [2.45, 2.75) is 6.54 Å². The summed E-state index contributed by atoms with van der Waals surface area (Å²) in [6.07, 6.45) is 4.79. The molecule has 0 saturated carbocycles. The number of halogens is 2. The van der Waals surface area contributed by atoms with Crippen LogP contribution >= 0.6 is 23.4 Å². The van der Waals surface area contributed by atoms with E-state index in [1.807, 2.05) is 12.1 Å². The number of carbonyl (C=O) groups excluding carboxylic acids is 2. The van der Waals surface area contributed by atoms with Crippen molar-refractivity contribution in [3.8, 4) is 5.75 Å². The van der Waals surface area contributed by atoms with Gasteiger partial charge in [-0.25, -0.2) is 4.39 Å². The predicted octanol–water partition coefficient (Wildman–Crippen LogP) is 6.60. The Morgan fingerprint density at radius 2 is 1.83 bits per heavy atom. The van der Waals surface area contributed by atoms with Crippen LogP contribution in [0.15, 0.2) is 111 Å². The van der Waals surface area contributed by atoms with Crippen molar-refractivity contribution in [2.75, 3.05) is 11.9 Å². The van der Waals surface area contributed by atoms with Gasteiger partial charge in [-0.15, -0.1) is 5.10 Å². The number of hydrogen-bond donors (Lipinski definition) is 1. The van der Waals surface area contributed by atoms with Gasteiger partial charge in [0, 0.05) is 16.3 Å². The van der Waals surface area contributed by atoms with Crippen LogP contribution in [-0.2, 0) is 16.1 Å². The Labute approximate surface area is 244 Å². The molecule has 1 N–H and O–H groups in total. The fourth-order valence-electron chi connectivity index (χ4n) is 3.72. The Hall–Kier alpha value is -4.67. The van der Waals surface area contributed by atoms with Crippen LogP contribution in [0.25, 0.3) is 6.08 Å². The molecule has 0 radical (unpaired) electrons. The van der Waals surface area contributed by atoms with Gasteiger partial charge in [-0.2, -0.15) is 5.10 Å². The highest BCUT2D eigenvalue weighted by Crippen LogP contribution is 2.35. The van der Waals surface area contributed by atoms with Gasteiger partial charge >= 0.3 is 0 Å². The number of carbonyl (C=O) groups is 2. The summed E-state index contributed by atoms with van der Waals surface area (Å²) in [6.45, 7) is -0.109. The molecular formula is C30H22ClFN4O4S. The van der Waals surface area contributed by atoms with Gasteiger partial charge in [-0.1, -0.05) is 41.9 Å². The Kier molecular flexibility index (Phi) is 8.92. The lowest BCUT2D eigenvalue weighted by Gasteiger charge is -2.12. The van der Waals surface area contributed by atoms with Gasteiger partial charge in [0.05, 0.1) is 23.9 Å². The Bertz CT molecular complexity index is 1620. The molecule has 1 saturated heterocycles. The topological polar surface area (TPSA) is 96.5 Å². The molecule has 1 fully saturated rings. The van der Waals surface area contributed by atoms with E-state index in [-0.39, 0.29) is 19.1 Å². The number of benzene rings is 3. The molecule has 2 amide bonds. The molecule has 1 aromatic heterocycles. The highest BCUT2D eigenvalue weighted by molar-refractivity contribution is 8.18. The number of anilines is 1. The van der Waals surface area contributed by atoms with Crippen molar-refractivity contribution in [3.63, 3.8) is 0 Å². The second-order valence-corrected chi connectivity index (χ2v) is 10.1. The molecule has 0 atom stereocenters. The minimum absolute atomic E-state index is 0.174. The number of ether oxygens (including phenoxy) is 1. The average molecular weight is 589 g/mol. The van der Waals surface area contributed by atoms with Gasteiger partial charge in [0.2, 0.25) is 0 Å². The first kappa shape index (κ1) is 27.9. The third kappa shape index (κ3) is 7.50. The van der Waals surface area contributed by atoms with Crippen LogP contribution in [-0.4, -0.2) is 34.7 Å². The largest absolute Gasteiger partial charge is 0.483 e. The number of furan rings is 1. The molecule has 8 nitrogen and oxygen atoms in total. The lowest BCUT2D eigenvalue weighted by Crippen LogP contribution is -2.28. The average Bonchev–Trinajstić information content (AvgIpc) is 3.59. The molecule has 41 heavy (non-hydrogen) atoms. The molecule has 0 unspecified atom stereocenters. The number of thioether (sulfide) groups is 1. The SMILES string of the molecule is O=C(COc1ccccc1/C=C1\S/C(=N\N=C\c2ccc(Cl)cc2)N(Cc2ccco2)C1=O)Nc1ccc(F)cc1. The van der Waals surface area contributed by atoms with Gasteiger partial charge < -0.3 is 14.5 Å². The highest BCUT2D eigenvalue weighted by atomic mass is 35.5. The summed E-state index contributed by atoms with van der Waals surface area (Å²) in [6, 6.07) is 23.1. The molecule has 1 aliphatic heterocycles. The number of nitrogens with one attached hydrogen (secondary N) is 1.